The molecule has 0 aromatic heterocycles. The van der Waals surface area contributed by atoms with Crippen LogP contribution < -0.4 is 0 Å². The van der Waals surface area contributed by atoms with E-state index < -0.39 is 0 Å². The van der Waals surface area contributed by atoms with E-state index in [0.717, 1.165) is 6.42 Å². The molecule has 0 aliphatic heterocycles. The van der Waals surface area contributed by atoms with Gasteiger partial charge in [0, 0.05) is 0 Å². The quantitative estimate of drug-likeness (QED) is 0.586. The monoisotopic (exact) mass is 216 g/mol. The highest BCUT2D eigenvalue weighted by Crippen LogP contribution is 2.16. The lowest BCUT2D eigenvalue weighted by Gasteiger charge is -2.07. The highest BCUT2D eigenvalue weighted by molar-refractivity contribution is 5.54. The minimum absolute atomic E-state index is 1.13. The van der Waals surface area contributed by atoms with E-state index in [1.165, 1.54) is 42.4 Å². The Kier molecular flexibility index (Phi) is 5.92. The van der Waals surface area contributed by atoms with Crippen LogP contribution in [0.15, 0.2) is 24.3 Å². The maximum atomic E-state index is 2.38. The molecule has 0 aliphatic carbocycles. The second kappa shape index (κ2) is 7.27. The average Bonchev–Trinajstić information content (AvgIpc) is 2.31. The summed E-state index contributed by atoms with van der Waals surface area (Å²) >= 11 is 0. The van der Waals surface area contributed by atoms with Crippen molar-refractivity contribution < 1.29 is 0 Å². The Hall–Kier alpha value is -1.04. The molecule has 0 nitrogen and oxygen atoms in total. The Morgan fingerprint density at radius 2 is 1.94 bits per heavy atom. The number of aryl methyl sites for hydroxylation is 2. The van der Waals surface area contributed by atoms with Crippen molar-refractivity contribution in [2.45, 2.75) is 52.9 Å². The average molecular weight is 216 g/mol. The van der Waals surface area contributed by atoms with Crippen molar-refractivity contribution in [3.8, 4) is 0 Å². The second-order valence-corrected chi connectivity index (χ2v) is 4.34. The lowest BCUT2D eigenvalue weighted by atomic mass is 9.98. The summed E-state index contributed by atoms with van der Waals surface area (Å²) in [5.41, 5.74) is 4.36. The van der Waals surface area contributed by atoms with E-state index in [1.54, 1.807) is 0 Å². The first kappa shape index (κ1) is 13.0. The van der Waals surface area contributed by atoms with Gasteiger partial charge in [0.2, 0.25) is 0 Å². The van der Waals surface area contributed by atoms with E-state index in [4.69, 9.17) is 0 Å². The second-order valence-electron chi connectivity index (χ2n) is 4.34. The molecule has 0 unspecified atom stereocenters. The van der Waals surface area contributed by atoms with Gasteiger partial charge in [0.15, 0.2) is 0 Å². The van der Waals surface area contributed by atoms with E-state index >= 15 is 0 Å². The SMILES string of the molecule is CC=Cc1ccc(CCCCC)cc1CC. The summed E-state index contributed by atoms with van der Waals surface area (Å²) in [5, 5.41) is 0. The lowest BCUT2D eigenvalue weighted by Crippen LogP contribution is -1.91. The van der Waals surface area contributed by atoms with Gasteiger partial charge >= 0.3 is 0 Å². The number of unbranched alkanes of at least 4 members (excludes halogenated alkanes) is 2. The standard InChI is InChI=1S/C16H24/c1-4-7-8-10-14-11-12-16(9-5-2)15(6-3)13-14/h5,9,11-13H,4,6-8,10H2,1-3H3. The van der Waals surface area contributed by atoms with Crippen LogP contribution >= 0.6 is 0 Å². The normalized spacial score (nSPS) is 11.2. The van der Waals surface area contributed by atoms with Gasteiger partial charge in [-0.3, -0.25) is 0 Å². The molecule has 0 saturated carbocycles. The van der Waals surface area contributed by atoms with Gasteiger partial charge in [-0.1, -0.05) is 57.0 Å². The highest BCUT2D eigenvalue weighted by Gasteiger charge is 2.00. The van der Waals surface area contributed by atoms with E-state index in [9.17, 15) is 0 Å². The van der Waals surface area contributed by atoms with Crippen molar-refractivity contribution in [2.75, 3.05) is 0 Å². The van der Waals surface area contributed by atoms with Crippen LogP contribution in [0.1, 0.15) is 56.7 Å². The predicted molar refractivity (Wildman–Crippen MR) is 73.8 cm³/mol. The fraction of sp³-hybridized carbons (Fsp3) is 0.500. The van der Waals surface area contributed by atoms with Crippen molar-refractivity contribution in [3.63, 3.8) is 0 Å². The zero-order valence-electron chi connectivity index (χ0n) is 10.9. The van der Waals surface area contributed by atoms with E-state index in [1.807, 2.05) is 0 Å². The molecule has 1 aromatic rings. The molecule has 1 rings (SSSR count). The third kappa shape index (κ3) is 3.84. The zero-order valence-corrected chi connectivity index (χ0v) is 10.9. The summed E-state index contributed by atoms with van der Waals surface area (Å²) in [7, 11) is 0. The van der Waals surface area contributed by atoms with Crippen LogP contribution in [0, 0.1) is 0 Å². The first-order valence-electron chi connectivity index (χ1n) is 6.56. The van der Waals surface area contributed by atoms with E-state index in [-0.39, 0.29) is 0 Å². The van der Waals surface area contributed by atoms with E-state index in [0.29, 0.717) is 0 Å². The molecule has 0 atom stereocenters. The van der Waals surface area contributed by atoms with Crippen LogP contribution in [0.5, 0.6) is 0 Å². The fourth-order valence-electron chi connectivity index (χ4n) is 2.04. The first-order chi connectivity index (χ1) is 7.81. The summed E-state index contributed by atoms with van der Waals surface area (Å²) < 4.78 is 0. The van der Waals surface area contributed by atoms with Crippen LogP contribution in [0.4, 0.5) is 0 Å². The molecular weight excluding hydrogens is 192 g/mol. The molecule has 88 valence electrons. The molecule has 0 heteroatoms. The van der Waals surface area contributed by atoms with Crippen molar-refractivity contribution in [1.82, 2.24) is 0 Å². The number of hydrogen-bond donors (Lipinski definition) is 0. The maximum absolute atomic E-state index is 2.38. The third-order valence-electron chi connectivity index (χ3n) is 3.00. The predicted octanol–water partition coefficient (Wildman–Crippen LogP) is 5.01. The van der Waals surface area contributed by atoms with Gasteiger partial charge in [-0.25, -0.2) is 0 Å². The number of rotatable bonds is 6. The van der Waals surface area contributed by atoms with Crippen molar-refractivity contribution in [2.24, 2.45) is 0 Å². The Bertz CT molecular complexity index is 334. The summed E-state index contributed by atoms with van der Waals surface area (Å²) in [6, 6.07) is 6.93. The minimum atomic E-state index is 1.13. The molecule has 0 spiro atoms. The molecule has 0 radical (unpaired) electrons. The summed E-state index contributed by atoms with van der Waals surface area (Å²) in [4.78, 5) is 0. The number of benzene rings is 1. The maximum Gasteiger partial charge on any atom is -0.0228 e. The molecule has 0 aliphatic rings. The van der Waals surface area contributed by atoms with Crippen LogP contribution in [0.25, 0.3) is 6.08 Å². The summed E-state index contributed by atoms with van der Waals surface area (Å²) in [6.07, 6.45) is 10.6. The summed E-state index contributed by atoms with van der Waals surface area (Å²) in [6.45, 7) is 6.57. The van der Waals surface area contributed by atoms with Gasteiger partial charge in [-0.05, 0) is 42.9 Å². The molecule has 0 saturated heterocycles. The lowest BCUT2D eigenvalue weighted by molar-refractivity contribution is 0.717. The molecule has 16 heavy (non-hydrogen) atoms. The van der Waals surface area contributed by atoms with Gasteiger partial charge in [-0.15, -0.1) is 0 Å². The number of allylic oxidation sites excluding steroid dienone is 1. The van der Waals surface area contributed by atoms with E-state index in [2.05, 4.69) is 51.1 Å². The molecule has 0 heterocycles. The molecule has 0 fully saturated rings. The van der Waals surface area contributed by atoms with Gasteiger partial charge in [0.1, 0.15) is 0 Å². The molecule has 1 aromatic carbocycles. The topological polar surface area (TPSA) is 0 Å². The first-order valence-corrected chi connectivity index (χ1v) is 6.56. The van der Waals surface area contributed by atoms with Crippen LogP contribution in [0.2, 0.25) is 0 Å². The van der Waals surface area contributed by atoms with Crippen molar-refractivity contribution in [3.05, 3.63) is 41.0 Å². The Morgan fingerprint density at radius 1 is 1.12 bits per heavy atom. The Morgan fingerprint density at radius 3 is 2.56 bits per heavy atom. The van der Waals surface area contributed by atoms with Crippen LogP contribution in [-0.4, -0.2) is 0 Å². The van der Waals surface area contributed by atoms with Crippen LogP contribution in [0.3, 0.4) is 0 Å². The minimum Gasteiger partial charge on any atom is -0.0871 e. The largest absolute Gasteiger partial charge is 0.0871 e. The Labute approximate surface area is 100 Å². The molecular formula is C16H24. The van der Waals surface area contributed by atoms with Crippen LogP contribution in [-0.2, 0) is 12.8 Å². The van der Waals surface area contributed by atoms with Gasteiger partial charge in [-0.2, -0.15) is 0 Å². The van der Waals surface area contributed by atoms with Gasteiger partial charge < -0.3 is 0 Å². The highest BCUT2D eigenvalue weighted by atomic mass is 14.0. The van der Waals surface area contributed by atoms with Crippen molar-refractivity contribution in [1.29, 1.82) is 0 Å². The third-order valence-corrected chi connectivity index (χ3v) is 3.00. The summed E-state index contributed by atoms with van der Waals surface area (Å²) in [5.74, 6) is 0. The zero-order chi connectivity index (χ0) is 11.8. The molecule has 0 amide bonds. The molecule has 0 bridgehead atoms. The number of hydrogen-bond acceptors (Lipinski definition) is 0. The van der Waals surface area contributed by atoms with Crippen molar-refractivity contribution >= 4 is 6.08 Å². The molecule has 0 N–H and O–H groups in total. The van der Waals surface area contributed by atoms with Gasteiger partial charge in [0.25, 0.3) is 0 Å². The van der Waals surface area contributed by atoms with Gasteiger partial charge in [0.05, 0.1) is 0 Å². The smallest absolute Gasteiger partial charge is 0.0228 e. The Balaban J connectivity index is 2.74. The fourth-order valence-corrected chi connectivity index (χ4v) is 2.04.